The summed E-state index contributed by atoms with van der Waals surface area (Å²) in [4.78, 5) is 5.43. The van der Waals surface area contributed by atoms with E-state index in [1.807, 2.05) is 35.7 Å². The lowest BCUT2D eigenvalue weighted by Crippen LogP contribution is -2.15. The van der Waals surface area contributed by atoms with E-state index in [0.29, 0.717) is 0 Å². The smallest absolute Gasteiger partial charge is 0.135 e. The Hall–Kier alpha value is -3.40. The maximum absolute atomic E-state index is 6.06. The van der Waals surface area contributed by atoms with E-state index in [1.54, 1.807) is 0 Å². The number of rotatable bonds is 1. The molecule has 0 saturated heterocycles. The van der Waals surface area contributed by atoms with Gasteiger partial charge >= 0.3 is 0 Å². The van der Waals surface area contributed by atoms with Crippen LogP contribution < -0.4 is 0 Å². The van der Waals surface area contributed by atoms with E-state index < -0.39 is 0 Å². The van der Waals surface area contributed by atoms with Gasteiger partial charge in [0.05, 0.1) is 0 Å². The standard InChI is InChI=1S/C33H22OS2/c1-33(2)25-13-11-19(20-12-14-28-24(16-20)21-7-3-4-8-27(21)34-28)15-22(25)23-17-31-32(18-26(23)33)36-30-10-6-5-9-29(30)35-31/h3-18H,1-2H3. The zero-order chi connectivity index (χ0) is 24.0. The van der Waals surface area contributed by atoms with Crippen molar-refractivity contribution in [2.24, 2.45) is 0 Å². The van der Waals surface area contributed by atoms with Gasteiger partial charge in [0.1, 0.15) is 11.2 Å². The van der Waals surface area contributed by atoms with E-state index in [4.69, 9.17) is 4.42 Å². The van der Waals surface area contributed by atoms with Crippen LogP contribution >= 0.6 is 23.5 Å². The van der Waals surface area contributed by atoms with Gasteiger partial charge in [0.15, 0.2) is 0 Å². The minimum absolute atomic E-state index is 0.0227. The molecule has 0 saturated carbocycles. The summed E-state index contributed by atoms with van der Waals surface area (Å²) < 4.78 is 6.06. The fourth-order valence-electron chi connectivity index (χ4n) is 5.86. The second-order valence-corrected chi connectivity index (χ2v) is 12.4. The Morgan fingerprint density at radius 3 is 2.00 bits per heavy atom. The van der Waals surface area contributed by atoms with Crippen molar-refractivity contribution < 1.29 is 4.42 Å². The zero-order valence-electron chi connectivity index (χ0n) is 20.0. The van der Waals surface area contributed by atoms with Crippen LogP contribution in [0.25, 0.3) is 44.2 Å². The van der Waals surface area contributed by atoms with Gasteiger partial charge in [-0.15, -0.1) is 0 Å². The third kappa shape index (κ3) is 2.87. The predicted molar refractivity (Wildman–Crippen MR) is 151 cm³/mol. The summed E-state index contributed by atoms with van der Waals surface area (Å²) in [5.74, 6) is 0. The largest absolute Gasteiger partial charge is 0.456 e. The molecule has 2 aliphatic rings. The second kappa shape index (κ2) is 7.32. The predicted octanol–water partition coefficient (Wildman–Crippen LogP) is 10.2. The molecule has 1 nitrogen and oxygen atoms in total. The quantitative estimate of drug-likeness (QED) is 0.223. The summed E-state index contributed by atoms with van der Waals surface area (Å²) >= 11 is 3.80. The maximum Gasteiger partial charge on any atom is 0.135 e. The summed E-state index contributed by atoms with van der Waals surface area (Å²) in [6.45, 7) is 4.73. The SMILES string of the molecule is CC1(C)c2ccc(-c3ccc4oc5ccccc5c4c3)cc2-c2cc3c(cc21)Sc1ccccc1S3. The van der Waals surface area contributed by atoms with Crippen LogP contribution in [0.1, 0.15) is 25.0 Å². The van der Waals surface area contributed by atoms with Gasteiger partial charge in [-0.3, -0.25) is 0 Å². The number of hydrogen-bond donors (Lipinski definition) is 0. The highest BCUT2D eigenvalue weighted by Gasteiger charge is 2.37. The van der Waals surface area contributed by atoms with Gasteiger partial charge in [-0.05, 0) is 81.9 Å². The topological polar surface area (TPSA) is 13.1 Å². The first-order valence-corrected chi connectivity index (χ1v) is 13.9. The Balaban J connectivity index is 1.28. The molecule has 0 amide bonds. The van der Waals surface area contributed by atoms with Crippen LogP contribution in [-0.2, 0) is 5.41 Å². The molecule has 0 bridgehead atoms. The van der Waals surface area contributed by atoms with Crippen LogP contribution in [-0.4, -0.2) is 0 Å². The molecule has 8 rings (SSSR count). The lowest BCUT2D eigenvalue weighted by molar-refractivity contribution is 0.657. The third-order valence-corrected chi connectivity index (χ3v) is 10.3. The minimum atomic E-state index is -0.0227. The van der Waals surface area contributed by atoms with Gasteiger partial charge in [0.2, 0.25) is 0 Å². The first kappa shape index (κ1) is 20.8. The molecule has 6 aromatic rings. The average Bonchev–Trinajstić information content (AvgIpc) is 3.38. The molecule has 36 heavy (non-hydrogen) atoms. The number of furan rings is 1. The lowest BCUT2D eigenvalue weighted by Gasteiger charge is -2.24. The van der Waals surface area contributed by atoms with Gasteiger partial charge in [-0.1, -0.05) is 85.9 Å². The first-order chi connectivity index (χ1) is 17.6. The molecule has 1 aliphatic carbocycles. The fourth-order valence-corrected chi connectivity index (χ4v) is 8.13. The molecule has 5 aromatic carbocycles. The van der Waals surface area contributed by atoms with Gasteiger partial charge in [-0.2, -0.15) is 0 Å². The van der Waals surface area contributed by atoms with Crippen LogP contribution in [0.4, 0.5) is 0 Å². The normalized spacial score (nSPS) is 14.9. The van der Waals surface area contributed by atoms with Gasteiger partial charge in [0, 0.05) is 35.8 Å². The van der Waals surface area contributed by atoms with E-state index in [1.165, 1.54) is 63.7 Å². The Labute approximate surface area is 218 Å². The van der Waals surface area contributed by atoms with Crippen molar-refractivity contribution >= 4 is 45.5 Å². The Bertz CT molecular complexity index is 1880. The van der Waals surface area contributed by atoms with Crippen molar-refractivity contribution in [1.29, 1.82) is 0 Å². The van der Waals surface area contributed by atoms with Crippen LogP contribution in [0, 0.1) is 0 Å². The Kier molecular flexibility index (Phi) is 4.22. The summed E-state index contributed by atoms with van der Waals surface area (Å²) in [6, 6.07) is 35.5. The van der Waals surface area contributed by atoms with E-state index in [-0.39, 0.29) is 5.41 Å². The highest BCUT2D eigenvalue weighted by molar-refractivity contribution is 8.05. The molecule has 1 aromatic heterocycles. The molecule has 3 heteroatoms. The number of para-hydroxylation sites is 1. The molecule has 172 valence electrons. The molecule has 0 atom stereocenters. The van der Waals surface area contributed by atoms with Crippen LogP contribution in [0.3, 0.4) is 0 Å². The fraction of sp³-hybridized carbons (Fsp3) is 0.0909. The van der Waals surface area contributed by atoms with Crippen LogP contribution in [0.2, 0.25) is 0 Å². The van der Waals surface area contributed by atoms with Crippen molar-refractivity contribution in [2.45, 2.75) is 38.8 Å². The van der Waals surface area contributed by atoms with Crippen molar-refractivity contribution in [1.82, 2.24) is 0 Å². The van der Waals surface area contributed by atoms with Crippen molar-refractivity contribution in [3.8, 4) is 22.3 Å². The summed E-state index contributed by atoms with van der Waals surface area (Å²) in [7, 11) is 0. The zero-order valence-corrected chi connectivity index (χ0v) is 21.6. The molecular formula is C33H22OS2. The van der Waals surface area contributed by atoms with Crippen molar-refractivity contribution in [3.05, 3.63) is 108 Å². The summed E-state index contributed by atoms with van der Waals surface area (Å²) in [6.07, 6.45) is 0. The molecule has 0 fully saturated rings. The summed E-state index contributed by atoms with van der Waals surface area (Å²) in [5.41, 5.74) is 9.89. The van der Waals surface area contributed by atoms with E-state index in [9.17, 15) is 0 Å². The number of hydrogen-bond acceptors (Lipinski definition) is 3. The Morgan fingerprint density at radius 1 is 0.528 bits per heavy atom. The molecule has 0 N–H and O–H groups in total. The van der Waals surface area contributed by atoms with E-state index in [0.717, 1.165) is 11.2 Å². The molecule has 0 spiro atoms. The monoisotopic (exact) mass is 498 g/mol. The van der Waals surface area contributed by atoms with Crippen molar-refractivity contribution in [3.63, 3.8) is 0 Å². The molecular weight excluding hydrogens is 476 g/mol. The maximum atomic E-state index is 6.06. The average molecular weight is 499 g/mol. The highest BCUT2D eigenvalue weighted by Crippen LogP contribution is 2.56. The minimum Gasteiger partial charge on any atom is -0.456 e. The van der Waals surface area contributed by atoms with Crippen LogP contribution in [0.15, 0.2) is 121 Å². The molecule has 0 unspecified atom stereocenters. The van der Waals surface area contributed by atoms with E-state index in [2.05, 4.69) is 98.8 Å². The molecule has 2 heterocycles. The van der Waals surface area contributed by atoms with Crippen molar-refractivity contribution in [2.75, 3.05) is 0 Å². The van der Waals surface area contributed by atoms with E-state index >= 15 is 0 Å². The van der Waals surface area contributed by atoms with Crippen LogP contribution in [0.5, 0.6) is 0 Å². The summed E-state index contributed by atoms with van der Waals surface area (Å²) in [5, 5.41) is 2.34. The second-order valence-electron chi connectivity index (χ2n) is 10.2. The molecule has 0 radical (unpaired) electrons. The number of benzene rings is 5. The molecule has 1 aliphatic heterocycles. The Morgan fingerprint density at radius 2 is 1.17 bits per heavy atom. The number of fused-ring (bicyclic) bond motifs is 8. The third-order valence-electron chi connectivity index (χ3n) is 7.74. The lowest BCUT2D eigenvalue weighted by atomic mass is 9.82. The van der Waals surface area contributed by atoms with Gasteiger partial charge in [0.25, 0.3) is 0 Å². The van der Waals surface area contributed by atoms with Gasteiger partial charge < -0.3 is 4.42 Å². The highest BCUT2D eigenvalue weighted by atomic mass is 32.2. The first-order valence-electron chi connectivity index (χ1n) is 12.3. The van der Waals surface area contributed by atoms with Gasteiger partial charge in [-0.25, -0.2) is 0 Å².